The smallest absolute Gasteiger partial charge is 0.125 e. The van der Waals surface area contributed by atoms with E-state index in [1.165, 1.54) is 16.7 Å². The van der Waals surface area contributed by atoms with Crippen molar-refractivity contribution in [3.8, 4) is 5.75 Å². The minimum Gasteiger partial charge on any atom is -0.493 e. The topological polar surface area (TPSA) is 9.23 Å². The van der Waals surface area contributed by atoms with Gasteiger partial charge < -0.3 is 4.74 Å². The predicted octanol–water partition coefficient (Wildman–Crippen LogP) is 5.16. The first-order valence-electron chi connectivity index (χ1n) is 6.98. The lowest BCUT2D eigenvalue weighted by Crippen LogP contribution is -2.05. The Kier molecular flexibility index (Phi) is 5.97. The molecule has 1 atom stereocenters. The van der Waals surface area contributed by atoms with E-state index >= 15 is 0 Å². The fraction of sp³-hybridized carbons (Fsp3) is 0.529. The Morgan fingerprint density at radius 3 is 2.56 bits per heavy atom. The summed E-state index contributed by atoms with van der Waals surface area (Å²) < 4.78 is 5.97. The summed E-state index contributed by atoms with van der Waals surface area (Å²) in [5, 5.41) is 0. The average molecular weight is 246 g/mol. The SMILES string of the molecule is C=CCC(CC)c1cc(C)cc(C)c1OCCC. The van der Waals surface area contributed by atoms with Crippen LogP contribution >= 0.6 is 0 Å². The van der Waals surface area contributed by atoms with Crippen LogP contribution in [0.3, 0.4) is 0 Å². The highest BCUT2D eigenvalue weighted by Crippen LogP contribution is 2.35. The molecule has 0 aliphatic rings. The molecule has 0 aliphatic carbocycles. The fourth-order valence-corrected chi connectivity index (χ4v) is 2.41. The molecule has 1 unspecified atom stereocenters. The molecule has 0 fully saturated rings. The van der Waals surface area contributed by atoms with Gasteiger partial charge in [-0.3, -0.25) is 0 Å². The molecule has 1 aromatic carbocycles. The van der Waals surface area contributed by atoms with E-state index in [-0.39, 0.29) is 0 Å². The molecule has 0 amide bonds. The Morgan fingerprint density at radius 2 is 2.00 bits per heavy atom. The van der Waals surface area contributed by atoms with E-state index in [1.54, 1.807) is 0 Å². The van der Waals surface area contributed by atoms with Gasteiger partial charge in [-0.25, -0.2) is 0 Å². The predicted molar refractivity (Wildman–Crippen MR) is 79.5 cm³/mol. The Labute approximate surface area is 112 Å². The molecule has 0 saturated carbocycles. The van der Waals surface area contributed by atoms with Crippen molar-refractivity contribution in [3.05, 3.63) is 41.5 Å². The molecule has 0 N–H and O–H groups in total. The lowest BCUT2D eigenvalue weighted by Gasteiger charge is -2.21. The van der Waals surface area contributed by atoms with E-state index in [4.69, 9.17) is 4.74 Å². The minimum absolute atomic E-state index is 0.521. The molecular weight excluding hydrogens is 220 g/mol. The summed E-state index contributed by atoms with van der Waals surface area (Å²) in [7, 11) is 0. The van der Waals surface area contributed by atoms with Crippen molar-refractivity contribution < 1.29 is 4.74 Å². The molecule has 0 saturated heterocycles. The van der Waals surface area contributed by atoms with Crippen molar-refractivity contribution in [2.24, 2.45) is 0 Å². The van der Waals surface area contributed by atoms with Crippen LogP contribution in [0.2, 0.25) is 0 Å². The van der Waals surface area contributed by atoms with Gasteiger partial charge in [0.25, 0.3) is 0 Å². The van der Waals surface area contributed by atoms with Crippen molar-refractivity contribution >= 4 is 0 Å². The maximum Gasteiger partial charge on any atom is 0.125 e. The van der Waals surface area contributed by atoms with Gasteiger partial charge in [0.15, 0.2) is 0 Å². The Balaban J connectivity index is 3.15. The van der Waals surface area contributed by atoms with Crippen LogP contribution in [0.4, 0.5) is 0 Å². The first kappa shape index (κ1) is 14.8. The zero-order chi connectivity index (χ0) is 13.5. The second-order valence-corrected chi connectivity index (χ2v) is 4.98. The van der Waals surface area contributed by atoms with Crippen molar-refractivity contribution in [3.63, 3.8) is 0 Å². The largest absolute Gasteiger partial charge is 0.493 e. The van der Waals surface area contributed by atoms with E-state index in [0.717, 1.165) is 31.6 Å². The lowest BCUT2D eigenvalue weighted by atomic mass is 9.90. The van der Waals surface area contributed by atoms with Gasteiger partial charge in [0, 0.05) is 0 Å². The van der Waals surface area contributed by atoms with Gasteiger partial charge in [0.1, 0.15) is 5.75 Å². The standard InChI is InChI=1S/C17H26O/c1-6-9-15(8-3)16-12-13(4)11-14(5)17(16)18-10-7-2/h6,11-12,15H,1,7-10H2,2-5H3. The van der Waals surface area contributed by atoms with Gasteiger partial charge in [0.05, 0.1) is 6.61 Å². The molecule has 0 spiro atoms. The second kappa shape index (κ2) is 7.25. The summed E-state index contributed by atoms with van der Waals surface area (Å²) >= 11 is 0. The zero-order valence-electron chi connectivity index (χ0n) is 12.3. The van der Waals surface area contributed by atoms with Gasteiger partial charge in [0.2, 0.25) is 0 Å². The first-order valence-corrected chi connectivity index (χ1v) is 6.98. The van der Waals surface area contributed by atoms with Crippen molar-refractivity contribution in [1.82, 2.24) is 0 Å². The molecule has 1 aromatic rings. The van der Waals surface area contributed by atoms with E-state index in [1.807, 2.05) is 6.08 Å². The summed E-state index contributed by atoms with van der Waals surface area (Å²) in [5.74, 6) is 1.61. The highest BCUT2D eigenvalue weighted by Gasteiger charge is 2.16. The zero-order valence-corrected chi connectivity index (χ0v) is 12.3. The summed E-state index contributed by atoms with van der Waals surface area (Å²) in [6, 6.07) is 4.48. The van der Waals surface area contributed by atoms with Crippen LogP contribution in [-0.4, -0.2) is 6.61 Å². The third-order valence-corrected chi connectivity index (χ3v) is 3.28. The van der Waals surface area contributed by atoms with Crippen LogP contribution in [-0.2, 0) is 0 Å². The minimum atomic E-state index is 0.521. The van der Waals surface area contributed by atoms with Crippen LogP contribution < -0.4 is 4.74 Å². The highest BCUT2D eigenvalue weighted by molar-refractivity contribution is 5.46. The quantitative estimate of drug-likeness (QED) is 0.604. The molecule has 0 aliphatic heterocycles. The summed E-state index contributed by atoms with van der Waals surface area (Å²) in [6.45, 7) is 13.3. The van der Waals surface area contributed by atoms with E-state index in [0.29, 0.717) is 5.92 Å². The molecular formula is C17H26O. The second-order valence-electron chi connectivity index (χ2n) is 4.98. The van der Waals surface area contributed by atoms with Crippen molar-refractivity contribution in [2.75, 3.05) is 6.61 Å². The van der Waals surface area contributed by atoms with Crippen molar-refractivity contribution in [1.29, 1.82) is 0 Å². The number of allylic oxidation sites excluding steroid dienone is 1. The molecule has 1 rings (SSSR count). The van der Waals surface area contributed by atoms with Gasteiger partial charge in [-0.2, -0.15) is 0 Å². The number of hydrogen-bond donors (Lipinski definition) is 0. The molecule has 0 heterocycles. The molecule has 0 aromatic heterocycles. The van der Waals surface area contributed by atoms with Crippen molar-refractivity contribution in [2.45, 2.75) is 52.9 Å². The average Bonchev–Trinajstić information content (AvgIpc) is 2.34. The van der Waals surface area contributed by atoms with Gasteiger partial charge in [-0.1, -0.05) is 37.6 Å². The number of rotatable bonds is 7. The fourth-order valence-electron chi connectivity index (χ4n) is 2.41. The maximum atomic E-state index is 5.97. The maximum absolute atomic E-state index is 5.97. The third kappa shape index (κ3) is 3.63. The number of aryl methyl sites for hydroxylation is 2. The monoisotopic (exact) mass is 246 g/mol. The number of hydrogen-bond acceptors (Lipinski definition) is 1. The molecule has 18 heavy (non-hydrogen) atoms. The molecule has 1 heteroatoms. The Morgan fingerprint density at radius 1 is 1.28 bits per heavy atom. The van der Waals surface area contributed by atoms with Crippen LogP contribution in [0.1, 0.15) is 55.7 Å². The molecule has 1 nitrogen and oxygen atoms in total. The van der Waals surface area contributed by atoms with Crippen LogP contribution in [0.5, 0.6) is 5.75 Å². The molecule has 100 valence electrons. The first-order chi connectivity index (χ1) is 8.63. The van der Waals surface area contributed by atoms with Gasteiger partial charge in [-0.05, 0) is 50.2 Å². The summed E-state index contributed by atoms with van der Waals surface area (Å²) in [5.41, 5.74) is 3.91. The van der Waals surface area contributed by atoms with E-state index < -0.39 is 0 Å². The molecule has 0 bridgehead atoms. The summed E-state index contributed by atoms with van der Waals surface area (Å²) in [4.78, 5) is 0. The lowest BCUT2D eigenvalue weighted by molar-refractivity contribution is 0.309. The Bertz CT molecular complexity index is 393. The van der Waals surface area contributed by atoms with Gasteiger partial charge >= 0.3 is 0 Å². The summed E-state index contributed by atoms with van der Waals surface area (Å²) in [6.07, 6.45) is 5.19. The number of ether oxygens (including phenoxy) is 1. The van der Waals surface area contributed by atoms with Crippen LogP contribution in [0.25, 0.3) is 0 Å². The van der Waals surface area contributed by atoms with Crippen LogP contribution in [0.15, 0.2) is 24.8 Å². The van der Waals surface area contributed by atoms with E-state index in [2.05, 4.69) is 46.4 Å². The van der Waals surface area contributed by atoms with Crippen LogP contribution in [0, 0.1) is 13.8 Å². The molecule has 0 radical (unpaired) electrons. The third-order valence-electron chi connectivity index (χ3n) is 3.28. The number of benzene rings is 1. The Hall–Kier alpha value is -1.24. The highest BCUT2D eigenvalue weighted by atomic mass is 16.5. The normalized spacial score (nSPS) is 12.2. The van der Waals surface area contributed by atoms with E-state index in [9.17, 15) is 0 Å². The van der Waals surface area contributed by atoms with Gasteiger partial charge in [-0.15, -0.1) is 6.58 Å².